The molecule has 3 rings (SSSR count). The Labute approximate surface area is 218 Å². The molecule has 0 bridgehead atoms. The number of rotatable bonds is 5. The lowest BCUT2D eigenvalue weighted by molar-refractivity contribution is -0.611. The number of nitrogens with one attached hydrogen (secondary N) is 2. The van der Waals surface area contributed by atoms with Crippen LogP contribution in [0.2, 0.25) is 5.02 Å². The Morgan fingerprint density at radius 1 is 1.08 bits per heavy atom. The van der Waals surface area contributed by atoms with Crippen molar-refractivity contribution >= 4 is 29.3 Å². The Morgan fingerprint density at radius 3 is 2.22 bits per heavy atom. The van der Waals surface area contributed by atoms with Crippen molar-refractivity contribution in [3.8, 4) is 11.1 Å². The molecule has 7 nitrogen and oxygen atoms in total. The van der Waals surface area contributed by atoms with Crippen molar-refractivity contribution in [1.82, 2.24) is 5.32 Å². The molecule has 202 valence electrons. The van der Waals surface area contributed by atoms with Gasteiger partial charge in [-0.15, -0.1) is 0 Å². The van der Waals surface area contributed by atoms with E-state index in [9.17, 15) is 28.0 Å². The lowest BCUT2D eigenvalue weighted by Gasteiger charge is -2.34. The third kappa shape index (κ3) is 7.50. The number of carbonyl (C=O) groups is 2. The van der Waals surface area contributed by atoms with Crippen molar-refractivity contribution in [3.05, 3.63) is 52.5 Å². The van der Waals surface area contributed by atoms with E-state index >= 15 is 0 Å². The number of alkyl carbamates (subject to hydrolysis) is 1. The molecule has 1 saturated carbocycles. The van der Waals surface area contributed by atoms with E-state index in [0.717, 1.165) is 0 Å². The minimum Gasteiger partial charge on any atom is -0.618 e. The fourth-order valence-corrected chi connectivity index (χ4v) is 4.81. The molecule has 0 spiro atoms. The lowest BCUT2D eigenvalue weighted by atomic mass is 9.78. The summed E-state index contributed by atoms with van der Waals surface area (Å²) >= 11 is 6.28. The van der Waals surface area contributed by atoms with Crippen LogP contribution < -0.4 is 15.4 Å². The monoisotopic (exact) mass is 541 g/mol. The first-order chi connectivity index (χ1) is 17.2. The molecule has 0 aliphatic heterocycles. The molecule has 1 atom stereocenters. The van der Waals surface area contributed by atoms with Crippen molar-refractivity contribution in [2.75, 3.05) is 5.32 Å². The zero-order valence-corrected chi connectivity index (χ0v) is 21.9. The molecule has 2 amide bonds. The molecule has 1 aromatic carbocycles. The van der Waals surface area contributed by atoms with Crippen LogP contribution in [0.3, 0.4) is 0 Å². The van der Waals surface area contributed by atoms with E-state index in [1.54, 1.807) is 52.0 Å². The zero-order valence-electron chi connectivity index (χ0n) is 21.1. The number of pyridine rings is 1. The average Bonchev–Trinajstić information content (AvgIpc) is 2.79. The molecule has 1 aliphatic carbocycles. The van der Waals surface area contributed by atoms with Gasteiger partial charge in [0.25, 0.3) is 0 Å². The highest BCUT2D eigenvalue weighted by Crippen LogP contribution is 2.40. The first kappa shape index (κ1) is 28.6. The van der Waals surface area contributed by atoms with Gasteiger partial charge in [-0.2, -0.15) is 17.9 Å². The predicted octanol–water partition coefficient (Wildman–Crippen LogP) is 6.15. The summed E-state index contributed by atoms with van der Waals surface area (Å²) in [5.74, 6) is -2.45. The van der Waals surface area contributed by atoms with Gasteiger partial charge < -0.3 is 20.6 Å². The summed E-state index contributed by atoms with van der Waals surface area (Å²) in [7, 11) is 0. The number of hydrogen-bond donors (Lipinski definition) is 2. The molecular weight excluding hydrogens is 511 g/mol. The van der Waals surface area contributed by atoms with Gasteiger partial charge >= 0.3 is 12.3 Å². The van der Waals surface area contributed by atoms with Crippen LogP contribution in [-0.2, 0) is 9.53 Å². The van der Waals surface area contributed by atoms with E-state index in [1.165, 1.54) is 12.3 Å². The Balaban J connectivity index is 1.77. The second kappa shape index (κ2) is 11.2. The first-order valence-electron chi connectivity index (χ1n) is 12.0. The number of aromatic nitrogens is 1. The molecule has 1 fully saturated rings. The van der Waals surface area contributed by atoms with Crippen LogP contribution in [0.1, 0.15) is 52.1 Å². The van der Waals surface area contributed by atoms with E-state index in [2.05, 4.69) is 10.6 Å². The number of alkyl halides is 3. The highest BCUT2D eigenvalue weighted by molar-refractivity contribution is 6.33. The van der Waals surface area contributed by atoms with Gasteiger partial charge in [0.1, 0.15) is 11.6 Å². The van der Waals surface area contributed by atoms with Crippen LogP contribution in [0.5, 0.6) is 0 Å². The highest BCUT2D eigenvalue weighted by atomic mass is 35.5. The fourth-order valence-electron chi connectivity index (χ4n) is 4.51. The van der Waals surface area contributed by atoms with Gasteiger partial charge in [0.2, 0.25) is 5.91 Å². The summed E-state index contributed by atoms with van der Waals surface area (Å²) in [5.41, 5.74) is 1.24. The number of amides is 2. The first-order valence-corrected chi connectivity index (χ1v) is 12.4. The Bertz CT molecular complexity index is 1130. The Kier molecular flexibility index (Phi) is 8.62. The van der Waals surface area contributed by atoms with E-state index in [4.69, 9.17) is 16.3 Å². The number of nitrogens with zero attached hydrogens (tertiary/aromatic N) is 1. The van der Waals surface area contributed by atoms with Crippen molar-refractivity contribution in [3.63, 3.8) is 0 Å². The van der Waals surface area contributed by atoms with Crippen LogP contribution >= 0.6 is 11.6 Å². The number of ether oxygens (including phenoxy) is 1. The molecule has 0 saturated heterocycles. The smallest absolute Gasteiger partial charge is 0.408 e. The van der Waals surface area contributed by atoms with Crippen LogP contribution in [-0.4, -0.2) is 29.8 Å². The highest BCUT2D eigenvalue weighted by Gasteiger charge is 2.44. The SMILES string of the molecule is Cc1c(-c2ccc(NC(=O)[C@@H](NC(=O)OC(C)(C)C)C3CCC(C(F)(F)F)CC3)cc2)c(Cl)cc[n+]1[O-]. The molecule has 1 heterocycles. The molecule has 0 radical (unpaired) electrons. The summed E-state index contributed by atoms with van der Waals surface area (Å²) in [6.45, 7) is 6.66. The van der Waals surface area contributed by atoms with Crippen LogP contribution in [0.4, 0.5) is 23.7 Å². The van der Waals surface area contributed by atoms with Gasteiger partial charge in [-0.25, -0.2) is 4.79 Å². The summed E-state index contributed by atoms with van der Waals surface area (Å²) in [6.07, 6.45) is -3.74. The van der Waals surface area contributed by atoms with E-state index in [-0.39, 0.29) is 25.7 Å². The molecule has 1 aliphatic rings. The van der Waals surface area contributed by atoms with E-state index in [1.807, 2.05) is 0 Å². The maximum absolute atomic E-state index is 13.2. The quantitative estimate of drug-likeness (QED) is 0.351. The van der Waals surface area contributed by atoms with Crippen LogP contribution in [0, 0.1) is 24.0 Å². The Hall–Kier alpha value is -3.01. The summed E-state index contributed by atoms with van der Waals surface area (Å²) in [6, 6.07) is 7.04. The third-order valence-corrected chi connectivity index (χ3v) is 6.70. The summed E-state index contributed by atoms with van der Waals surface area (Å²) in [5, 5.41) is 17.7. The normalized spacial score (nSPS) is 19.1. The van der Waals surface area contributed by atoms with Crippen molar-refractivity contribution in [1.29, 1.82) is 0 Å². The maximum atomic E-state index is 13.2. The number of hydrogen-bond acceptors (Lipinski definition) is 4. The zero-order chi connectivity index (χ0) is 27.5. The van der Waals surface area contributed by atoms with Gasteiger partial charge in [0, 0.05) is 18.7 Å². The minimum absolute atomic E-state index is 0.112. The third-order valence-electron chi connectivity index (χ3n) is 6.39. The minimum atomic E-state index is -4.28. The van der Waals surface area contributed by atoms with Gasteiger partial charge in [0.05, 0.1) is 16.5 Å². The molecule has 11 heteroatoms. The Morgan fingerprint density at radius 2 is 1.68 bits per heavy atom. The van der Waals surface area contributed by atoms with Crippen molar-refractivity contribution < 1.29 is 32.2 Å². The van der Waals surface area contributed by atoms with E-state index in [0.29, 0.717) is 32.3 Å². The molecular formula is C26H31ClF3N3O4. The maximum Gasteiger partial charge on any atom is 0.408 e. The van der Waals surface area contributed by atoms with E-state index < -0.39 is 41.7 Å². The van der Waals surface area contributed by atoms with Gasteiger partial charge in [-0.3, -0.25) is 4.79 Å². The molecule has 1 aromatic heterocycles. The number of halogens is 4. The summed E-state index contributed by atoms with van der Waals surface area (Å²) in [4.78, 5) is 25.7. The standard InChI is InChI=1S/C26H31ClF3N3O4/c1-15-21(20(27)13-14-33(15)36)16-7-11-19(12-8-16)31-23(34)22(32-24(35)37-25(2,3)4)17-5-9-18(10-6-17)26(28,29)30/h7-8,11-14,17-18,22H,5-6,9-10H2,1-4H3,(H,31,34)(H,32,35)/t17?,18?,22-/m0/s1. The van der Waals surface area contributed by atoms with Gasteiger partial charge in [-0.05, 0) is 70.1 Å². The number of benzene rings is 1. The predicted molar refractivity (Wildman–Crippen MR) is 134 cm³/mol. The largest absolute Gasteiger partial charge is 0.618 e. The van der Waals surface area contributed by atoms with Gasteiger partial charge in [0.15, 0.2) is 11.9 Å². The van der Waals surface area contributed by atoms with Gasteiger partial charge in [-0.1, -0.05) is 23.7 Å². The second-order valence-electron chi connectivity index (χ2n) is 10.3. The number of carbonyl (C=O) groups excluding carboxylic acids is 2. The topological polar surface area (TPSA) is 94.4 Å². The number of anilines is 1. The van der Waals surface area contributed by atoms with Crippen molar-refractivity contribution in [2.24, 2.45) is 11.8 Å². The molecule has 0 unspecified atom stereocenters. The fraction of sp³-hybridized carbons (Fsp3) is 0.500. The second-order valence-corrected chi connectivity index (χ2v) is 10.7. The van der Waals surface area contributed by atoms with Crippen LogP contribution in [0.25, 0.3) is 11.1 Å². The average molecular weight is 542 g/mol. The molecule has 37 heavy (non-hydrogen) atoms. The molecule has 2 N–H and O–H groups in total. The lowest BCUT2D eigenvalue weighted by Crippen LogP contribution is -2.51. The summed E-state index contributed by atoms with van der Waals surface area (Å²) < 4.78 is 45.4. The van der Waals surface area contributed by atoms with Crippen LogP contribution in [0.15, 0.2) is 36.5 Å². The van der Waals surface area contributed by atoms with Crippen molar-refractivity contribution in [2.45, 2.75) is 71.2 Å². The molecule has 2 aromatic rings.